The van der Waals surface area contributed by atoms with Crippen LogP contribution in [0.1, 0.15) is 19.5 Å². The minimum Gasteiger partial charge on any atom is -0.465 e. The summed E-state index contributed by atoms with van der Waals surface area (Å²) in [5, 5.41) is 4.21. The fourth-order valence-electron chi connectivity index (χ4n) is 1.46. The van der Waals surface area contributed by atoms with E-state index in [9.17, 15) is 9.59 Å². The molecular weight excluding hydrogens is 302 g/mol. The summed E-state index contributed by atoms with van der Waals surface area (Å²) in [5.41, 5.74) is 0.711. The summed E-state index contributed by atoms with van der Waals surface area (Å²) in [6.45, 7) is 5.28. The quantitative estimate of drug-likeness (QED) is 0.789. The summed E-state index contributed by atoms with van der Waals surface area (Å²) >= 11 is 3.37. The molecule has 0 fully saturated rings. The largest absolute Gasteiger partial charge is 0.465 e. The van der Waals surface area contributed by atoms with Gasteiger partial charge in [0.1, 0.15) is 12.4 Å². The Morgan fingerprint density at radius 1 is 1.50 bits per heavy atom. The summed E-state index contributed by atoms with van der Waals surface area (Å²) in [6.07, 6.45) is 0. The van der Waals surface area contributed by atoms with Crippen molar-refractivity contribution < 1.29 is 14.3 Å². The lowest BCUT2D eigenvalue weighted by atomic mass is 10.4. The van der Waals surface area contributed by atoms with Crippen LogP contribution in [0.15, 0.2) is 4.47 Å². The lowest BCUT2D eigenvalue weighted by molar-refractivity contribution is -0.144. The topological polar surface area (TPSA) is 64.4 Å². The second-order valence-corrected chi connectivity index (χ2v) is 4.56. The Bertz CT molecular complexity index is 470. The first-order valence-corrected chi connectivity index (χ1v) is 6.30. The van der Waals surface area contributed by atoms with Gasteiger partial charge in [0.2, 0.25) is 5.91 Å². The number of carbonyl (C=O) groups is 2. The molecular formula is C11H16BrN3O3. The van der Waals surface area contributed by atoms with Gasteiger partial charge < -0.3 is 4.74 Å². The Balaban J connectivity index is 3.08. The van der Waals surface area contributed by atoms with Gasteiger partial charge in [0.05, 0.1) is 16.8 Å². The van der Waals surface area contributed by atoms with E-state index in [0.29, 0.717) is 22.6 Å². The van der Waals surface area contributed by atoms with Gasteiger partial charge in [-0.25, -0.2) is 4.68 Å². The first kappa shape index (κ1) is 14.7. The van der Waals surface area contributed by atoms with Crippen LogP contribution in [0.2, 0.25) is 0 Å². The van der Waals surface area contributed by atoms with Crippen LogP contribution in [0.5, 0.6) is 0 Å². The molecule has 0 aliphatic rings. The third kappa shape index (κ3) is 3.10. The van der Waals surface area contributed by atoms with Crippen LogP contribution in [-0.2, 0) is 20.9 Å². The zero-order chi connectivity index (χ0) is 13.9. The van der Waals surface area contributed by atoms with Crippen molar-refractivity contribution >= 4 is 33.6 Å². The second kappa shape index (κ2) is 5.99. The average Bonchev–Trinajstić information content (AvgIpc) is 2.54. The second-order valence-electron chi connectivity index (χ2n) is 3.76. The molecule has 0 N–H and O–H groups in total. The van der Waals surface area contributed by atoms with Crippen LogP contribution in [0, 0.1) is 6.92 Å². The number of hydrogen-bond donors (Lipinski definition) is 0. The van der Waals surface area contributed by atoms with E-state index in [0.717, 1.165) is 0 Å². The molecule has 100 valence electrons. The highest BCUT2D eigenvalue weighted by Gasteiger charge is 2.21. The van der Waals surface area contributed by atoms with Gasteiger partial charge in [-0.1, -0.05) is 0 Å². The number of carbonyl (C=O) groups excluding carboxylic acids is 2. The molecule has 0 saturated heterocycles. The number of amides is 1. The SMILES string of the molecule is CCOC(=O)Cn1nc(C)c(Br)c1N(C)C(C)=O. The lowest BCUT2D eigenvalue weighted by Crippen LogP contribution is -2.27. The number of hydrogen-bond acceptors (Lipinski definition) is 4. The molecule has 7 heteroatoms. The number of aromatic nitrogens is 2. The average molecular weight is 318 g/mol. The first-order chi connectivity index (χ1) is 8.38. The zero-order valence-electron chi connectivity index (χ0n) is 10.9. The lowest BCUT2D eigenvalue weighted by Gasteiger charge is -2.17. The molecule has 0 aliphatic heterocycles. The molecule has 0 saturated carbocycles. The number of anilines is 1. The van der Waals surface area contributed by atoms with E-state index in [1.807, 2.05) is 0 Å². The minimum atomic E-state index is -0.384. The molecule has 0 radical (unpaired) electrons. The molecule has 1 aromatic heterocycles. The van der Waals surface area contributed by atoms with Gasteiger partial charge in [-0.2, -0.15) is 5.10 Å². The van der Waals surface area contributed by atoms with Gasteiger partial charge in [0.15, 0.2) is 0 Å². The summed E-state index contributed by atoms with van der Waals surface area (Å²) < 4.78 is 7.03. The van der Waals surface area contributed by atoms with E-state index in [-0.39, 0.29) is 18.4 Å². The molecule has 6 nitrogen and oxygen atoms in total. The molecule has 0 atom stereocenters. The maximum Gasteiger partial charge on any atom is 0.327 e. The standard InChI is InChI=1S/C11H16BrN3O3/c1-5-18-9(17)6-15-11(14(4)8(3)16)10(12)7(2)13-15/h5-6H2,1-4H3. The number of aryl methyl sites for hydroxylation is 1. The van der Waals surface area contributed by atoms with Gasteiger partial charge in [-0.15, -0.1) is 0 Å². The normalized spacial score (nSPS) is 10.3. The van der Waals surface area contributed by atoms with Crippen LogP contribution >= 0.6 is 15.9 Å². The van der Waals surface area contributed by atoms with Gasteiger partial charge in [0.25, 0.3) is 0 Å². The van der Waals surface area contributed by atoms with Crippen LogP contribution < -0.4 is 4.90 Å². The van der Waals surface area contributed by atoms with E-state index in [2.05, 4.69) is 21.0 Å². The number of rotatable bonds is 4. The molecule has 18 heavy (non-hydrogen) atoms. The Hall–Kier alpha value is -1.37. The van der Waals surface area contributed by atoms with Crippen LogP contribution in [-0.4, -0.2) is 35.3 Å². The fraction of sp³-hybridized carbons (Fsp3) is 0.545. The van der Waals surface area contributed by atoms with Crippen LogP contribution in [0.25, 0.3) is 0 Å². The molecule has 1 amide bonds. The number of ether oxygens (including phenoxy) is 1. The van der Waals surface area contributed by atoms with E-state index >= 15 is 0 Å². The van der Waals surface area contributed by atoms with Gasteiger partial charge in [-0.3, -0.25) is 14.5 Å². The maximum atomic E-state index is 11.5. The minimum absolute atomic E-state index is 0.0206. The highest BCUT2D eigenvalue weighted by Crippen LogP contribution is 2.28. The van der Waals surface area contributed by atoms with Crippen molar-refractivity contribution in [2.45, 2.75) is 27.3 Å². The van der Waals surface area contributed by atoms with Crippen molar-refractivity contribution in [3.63, 3.8) is 0 Å². The molecule has 0 aliphatic carbocycles. The highest BCUT2D eigenvalue weighted by atomic mass is 79.9. The first-order valence-electron chi connectivity index (χ1n) is 5.51. The third-order valence-electron chi connectivity index (χ3n) is 2.40. The molecule has 1 heterocycles. The van der Waals surface area contributed by atoms with Crippen molar-refractivity contribution in [3.8, 4) is 0 Å². The third-order valence-corrected chi connectivity index (χ3v) is 3.33. The summed E-state index contributed by atoms with van der Waals surface area (Å²) in [6, 6.07) is 0. The Labute approximate surface area is 114 Å². The fourth-order valence-corrected chi connectivity index (χ4v) is 2.01. The molecule has 0 bridgehead atoms. The highest BCUT2D eigenvalue weighted by molar-refractivity contribution is 9.10. The summed E-state index contributed by atoms with van der Waals surface area (Å²) in [5.74, 6) is 0.0273. The smallest absolute Gasteiger partial charge is 0.327 e. The van der Waals surface area contributed by atoms with Gasteiger partial charge in [-0.05, 0) is 29.8 Å². The molecule has 1 aromatic rings. The van der Waals surface area contributed by atoms with Gasteiger partial charge in [0, 0.05) is 14.0 Å². The predicted octanol–water partition coefficient (Wildman–Crippen LogP) is 1.50. The zero-order valence-corrected chi connectivity index (χ0v) is 12.4. The molecule has 0 aromatic carbocycles. The Morgan fingerprint density at radius 2 is 2.11 bits per heavy atom. The number of halogens is 1. The Kier molecular flexibility index (Phi) is 4.89. The van der Waals surface area contributed by atoms with E-state index in [1.54, 1.807) is 20.9 Å². The Morgan fingerprint density at radius 3 is 2.61 bits per heavy atom. The van der Waals surface area contributed by atoms with Gasteiger partial charge >= 0.3 is 5.97 Å². The summed E-state index contributed by atoms with van der Waals surface area (Å²) in [7, 11) is 1.63. The van der Waals surface area contributed by atoms with Crippen LogP contribution in [0.4, 0.5) is 5.82 Å². The van der Waals surface area contributed by atoms with E-state index in [4.69, 9.17) is 4.74 Å². The monoisotopic (exact) mass is 317 g/mol. The molecule has 0 unspecified atom stereocenters. The van der Waals surface area contributed by atoms with Crippen LogP contribution in [0.3, 0.4) is 0 Å². The van der Waals surface area contributed by atoms with Crippen molar-refractivity contribution in [1.29, 1.82) is 0 Å². The van der Waals surface area contributed by atoms with Crippen molar-refractivity contribution in [2.24, 2.45) is 0 Å². The number of esters is 1. The summed E-state index contributed by atoms with van der Waals surface area (Å²) in [4.78, 5) is 24.3. The maximum absolute atomic E-state index is 11.5. The number of nitrogens with zero attached hydrogens (tertiary/aromatic N) is 3. The van der Waals surface area contributed by atoms with E-state index < -0.39 is 0 Å². The molecule has 1 rings (SSSR count). The predicted molar refractivity (Wildman–Crippen MR) is 70.4 cm³/mol. The molecule has 0 spiro atoms. The van der Waals surface area contributed by atoms with Crippen molar-refractivity contribution in [3.05, 3.63) is 10.2 Å². The van der Waals surface area contributed by atoms with Crippen molar-refractivity contribution in [2.75, 3.05) is 18.6 Å². The van der Waals surface area contributed by atoms with E-state index in [1.165, 1.54) is 16.5 Å². The van der Waals surface area contributed by atoms with Crippen molar-refractivity contribution in [1.82, 2.24) is 9.78 Å².